The van der Waals surface area contributed by atoms with Crippen LogP contribution >= 0.6 is 0 Å². The average molecular weight is 258 g/mol. The predicted octanol–water partition coefficient (Wildman–Crippen LogP) is 1.66. The molecule has 0 spiro atoms. The Morgan fingerprint density at radius 2 is 1.47 bits per heavy atom. The van der Waals surface area contributed by atoms with Crippen molar-refractivity contribution in [2.45, 2.75) is 38.5 Å². The minimum Gasteiger partial charge on any atom is -0.298 e. The Hall–Kier alpha value is -0.420. The van der Waals surface area contributed by atoms with Crippen LogP contribution in [0.25, 0.3) is 0 Å². The molecular formula is C12H18O4S. The second-order valence-electron chi connectivity index (χ2n) is 6.35. The molecule has 0 heterocycles. The third-order valence-corrected chi connectivity index (χ3v) is 5.57. The third kappa shape index (κ3) is 2.03. The highest BCUT2D eigenvalue weighted by Crippen LogP contribution is 2.60. The molecule has 17 heavy (non-hydrogen) atoms. The number of hydrogen-bond acceptors (Lipinski definition) is 3. The monoisotopic (exact) mass is 258 g/mol. The first-order valence-electron chi connectivity index (χ1n) is 6.35. The van der Waals surface area contributed by atoms with Gasteiger partial charge in [-0.15, -0.1) is 0 Å². The highest BCUT2D eigenvalue weighted by molar-refractivity contribution is 7.86. The first-order chi connectivity index (χ1) is 7.86. The molecule has 0 aliphatic heterocycles. The maximum absolute atomic E-state index is 12.2. The lowest BCUT2D eigenvalue weighted by Gasteiger charge is -2.55. The molecule has 4 saturated carbocycles. The van der Waals surface area contributed by atoms with Gasteiger partial charge in [-0.2, -0.15) is 8.42 Å². The fraction of sp³-hybridized carbons (Fsp3) is 0.917. The van der Waals surface area contributed by atoms with Crippen molar-refractivity contribution in [3.63, 3.8) is 0 Å². The standard InChI is InChI=1S/C12H18O4S/c13-11(7-17(14,15)16)12-4-8-1-9(5-12)3-10(2-8)6-12/h8-10H,1-7H2,(H,14,15,16). The number of carbonyl (C=O) groups excluding carboxylic acids is 1. The van der Waals surface area contributed by atoms with Crippen LogP contribution in [0, 0.1) is 23.2 Å². The molecule has 0 amide bonds. The normalized spacial score (nSPS) is 43.9. The Balaban J connectivity index is 1.84. The summed E-state index contributed by atoms with van der Waals surface area (Å²) in [7, 11) is -4.17. The van der Waals surface area contributed by atoms with Crippen LogP contribution in [0.3, 0.4) is 0 Å². The minimum atomic E-state index is -4.17. The number of carbonyl (C=O) groups is 1. The van der Waals surface area contributed by atoms with Crippen molar-refractivity contribution in [1.82, 2.24) is 0 Å². The number of hydrogen-bond donors (Lipinski definition) is 1. The van der Waals surface area contributed by atoms with Crippen LogP contribution in [0.15, 0.2) is 0 Å². The van der Waals surface area contributed by atoms with Gasteiger partial charge in [-0.25, -0.2) is 0 Å². The zero-order valence-corrected chi connectivity index (χ0v) is 10.6. The minimum absolute atomic E-state index is 0.237. The highest BCUT2D eigenvalue weighted by Gasteiger charge is 2.54. The van der Waals surface area contributed by atoms with Gasteiger partial charge in [0.05, 0.1) is 0 Å². The average Bonchev–Trinajstić information content (AvgIpc) is 2.12. The van der Waals surface area contributed by atoms with Gasteiger partial charge in [-0.1, -0.05) is 0 Å². The Labute approximate surface area is 102 Å². The van der Waals surface area contributed by atoms with Gasteiger partial charge >= 0.3 is 0 Å². The van der Waals surface area contributed by atoms with Crippen molar-refractivity contribution in [3.05, 3.63) is 0 Å². The molecule has 0 radical (unpaired) electrons. The molecule has 5 heteroatoms. The quantitative estimate of drug-likeness (QED) is 0.781. The molecular weight excluding hydrogens is 240 g/mol. The van der Waals surface area contributed by atoms with E-state index in [4.69, 9.17) is 4.55 Å². The number of rotatable bonds is 3. The van der Waals surface area contributed by atoms with Crippen LogP contribution in [0.4, 0.5) is 0 Å². The SMILES string of the molecule is O=C(CS(=O)(=O)O)C12CC3CC(CC(C3)C1)C2. The maximum atomic E-state index is 12.2. The van der Waals surface area contributed by atoms with E-state index < -0.39 is 21.3 Å². The van der Waals surface area contributed by atoms with Crippen molar-refractivity contribution in [1.29, 1.82) is 0 Å². The van der Waals surface area contributed by atoms with E-state index >= 15 is 0 Å². The summed E-state index contributed by atoms with van der Waals surface area (Å²) in [5, 5.41) is 0. The van der Waals surface area contributed by atoms with E-state index in [0.717, 1.165) is 19.3 Å². The summed E-state index contributed by atoms with van der Waals surface area (Å²) in [4.78, 5) is 12.2. The molecule has 0 aromatic carbocycles. The van der Waals surface area contributed by atoms with Gasteiger partial charge in [0, 0.05) is 5.41 Å². The summed E-state index contributed by atoms with van der Waals surface area (Å²) in [6.07, 6.45) is 6.23. The van der Waals surface area contributed by atoms with Gasteiger partial charge < -0.3 is 0 Å². The van der Waals surface area contributed by atoms with Crippen LogP contribution in [-0.2, 0) is 14.9 Å². The lowest BCUT2D eigenvalue weighted by Crippen LogP contribution is -2.51. The largest absolute Gasteiger partial charge is 0.298 e. The maximum Gasteiger partial charge on any atom is 0.272 e. The summed E-state index contributed by atoms with van der Waals surface area (Å²) >= 11 is 0. The molecule has 4 bridgehead atoms. The summed E-state index contributed by atoms with van der Waals surface area (Å²) in [6.45, 7) is 0. The molecule has 1 N–H and O–H groups in total. The fourth-order valence-corrected chi connectivity index (χ4v) is 5.41. The molecule has 4 aliphatic rings. The second-order valence-corrected chi connectivity index (χ2v) is 7.80. The lowest BCUT2D eigenvalue weighted by molar-refractivity contribution is -0.141. The fourth-order valence-electron chi connectivity index (χ4n) is 4.77. The van der Waals surface area contributed by atoms with Crippen LogP contribution < -0.4 is 0 Å². The van der Waals surface area contributed by atoms with Crippen molar-refractivity contribution in [3.8, 4) is 0 Å². The Kier molecular flexibility index (Phi) is 2.43. The highest BCUT2D eigenvalue weighted by atomic mass is 32.2. The van der Waals surface area contributed by atoms with Gasteiger partial charge in [-0.3, -0.25) is 9.35 Å². The number of Topliss-reactive ketones (excluding diaryl/α,β-unsaturated/α-hetero) is 1. The van der Waals surface area contributed by atoms with Crippen LogP contribution in [0.5, 0.6) is 0 Å². The van der Waals surface area contributed by atoms with Crippen LogP contribution in [0.1, 0.15) is 38.5 Å². The molecule has 0 aromatic heterocycles. The Morgan fingerprint density at radius 3 is 1.82 bits per heavy atom. The van der Waals surface area contributed by atoms with Crippen molar-refractivity contribution < 1.29 is 17.8 Å². The van der Waals surface area contributed by atoms with Gasteiger partial charge in [0.1, 0.15) is 5.75 Å². The van der Waals surface area contributed by atoms with Gasteiger partial charge in [-0.05, 0) is 56.3 Å². The van der Waals surface area contributed by atoms with E-state index in [1.165, 1.54) is 19.3 Å². The van der Waals surface area contributed by atoms with Gasteiger partial charge in [0.25, 0.3) is 10.1 Å². The van der Waals surface area contributed by atoms with Gasteiger partial charge in [0.15, 0.2) is 5.78 Å². The Bertz CT molecular complexity index is 416. The summed E-state index contributed by atoms with van der Waals surface area (Å²) in [5.74, 6) is 0.933. The van der Waals surface area contributed by atoms with E-state index in [9.17, 15) is 13.2 Å². The lowest BCUT2D eigenvalue weighted by atomic mass is 9.48. The first kappa shape index (κ1) is 11.7. The molecule has 4 rings (SSSR count). The molecule has 0 atom stereocenters. The molecule has 0 aromatic rings. The summed E-state index contributed by atoms with van der Waals surface area (Å²) in [6, 6.07) is 0. The molecule has 96 valence electrons. The first-order valence-corrected chi connectivity index (χ1v) is 7.96. The van der Waals surface area contributed by atoms with E-state index in [1.54, 1.807) is 0 Å². The molecule has 0 saturated heterocycles. The zero-order chi connectivity index (χ0) is 12.3. The summed E-state index contributed by atoms with van der Waals surface area (Å²) < 4.78 is 30.6. The van der Waals surface area contributed by atoms with Crippen LogP contribution in [0.2, 0.25) is 0 Å². The molecule has 0 unspecified atom stereocenters. The topological polar surface area (TPSA) is 71.4 Å². The van der Waals surface area contributed by atoms with E-state index in [0.29, 0.717) is 17.8 Å². The smallest absolute Gasteiger partial charge is 0.272 e. The van der Waals surface area contributed by atoms with E-state index in [2.05, 4.69) is 0 Å². The second kappa shape index (κ2) is 3.54. The van der Waals surface area contributed by atoms with Crippen molar-refractivity contribution in [2.24, 2.45) is 23.2 Å². The molecule has 4 fully saturated rings. The summed E-state index contributed by atoms with van der Waals surface area (Å²) in [5.41, 5.74) is -0.412. The predicted molar refractivity (Wildman–Crippen MR) is 62.0 cm³/mol. The van der Waals surface area contributed by atoms with Gasteiger partial charge in [0.2, 0.25) is 0 Å². The van der Waals surface area contributed by atoms with Crippen molar-refractivity contribution in [2.75, 3.05) is 5.75 Å². The van der Waals surface area contributed by atoms with E-state index in [1.807, 2.05) is 0 Å². The van der Waals surface area contributed by atoms with Crippen LogP contribution in [-0.4, -0.2) is 24.5 Å². The number of ketones is 1. The molecule has 4 aliphatic carbocycles. The third-order valence-electron chi connectivity index (χ3n) is 4.94. The zero-order valence-electron chi connectivity index (χ0n) is 9.76. The van der Waals surface area contributed by atoms with E-state index in [-0.39, 0.29) is 5.78 Å². The van der Waals surface area contributed by atoms with Crippen molar-refractivity contribution >= 4 is 15.9 Å². The molecule has 4 nitrogen and oxygen atoms in total. The Morgan fingerprint density at radius 1 is 1.06 bits per heavy atom.